The molecule has 0 aliphatic rings. The average molecular weight is 938 g/mol. The molecule has 11 aromatic carbocycles. The second kappa shape index (κ2) is 13.9. The van der Waals surface area contributed by atoms with Gasteiger partial charge in [-0.25, -0.2) is 4.98 Å². The minimum atomic E-state index is 0.982. The van der Waals surface area contributed by atoms with E-state index in [2.05, 4.69) is 255 Å². The molecule has 0 aliphatic carbocycles. The van der Waals surface area contributed by atoms with Crippen LogP contribution < -0.4 is 0 Å². The van der Waals surface area contributed by atoms with E-state index in [-0.39, 0.29) is 0 Å². The van der Waals surface area contributed by atoms with Crippen molar-refractivity contribution in [3.8, 4) is 33.6 Å². The number of pyridine rings is 1. The molecule has 0 unspecified atom stereocenters. The summed E-state index contributed by atoms with van der Waals surface area (Å²) in [4.78, 5) is 5.64. The molecule has 0 atom stereocenters. The fourth-order valence-electron chi connectivity index (χ4n) is 13.7. The quantitative estimate of drug-likeness (QED) is 0.173. The first-order chi connectivity index (χ1) is 36.8. The lowest BCUT2D eigenvalue weighted by molar-refractivity contribution is 1.18. The van der Waals surface area contributed by atoms with Crippen molar-refractivity contribution in [3.05, 3.63) is 237 Å². The number of rotatable bonds is 4. The Bertz CT molecular complexity index is 5420. The van der Waals surface area contributed by atoms with Crippen molar-refractivity contribution in [2.75, 3.05) is 0 Å². The molecular formula is C69H39N5. The van der Waals surface area contributed by atoms with Gasteiger partial charge in [0.05, 0.1) is 55.8 Å². The van der Waals surface area contributed by atoms with Crippen molar-refractivity contribution in [3.63, 3.8) is 0 Å². The number of hydrogen-bond acceptors (Lipinski definition) is 1. The van der Waals surface area contributed by atoms with Gasteiger partial charge in [-0.05, 0) is 88.6 Å². The minimum absolute atomic E-state index is 0.982. The van der Waals surface area contributed by atoms with Gasteiger partial charge in [-0.15, -0.1) is 0 Å². The van der Waals surface area contributed by atoms with Gasteiger partial charge in [0.2, 0.25) is 0 Å². The molecule has 0 aliphatic heterocycles. The van der Waals surface area contributed by atoms with Crippen LogP contribution in [0, 0.1) is 0 Å². The Labute approximate surface area is 421 Å². The molecule has 5 heteroatoms. The number of para-hydroxylation sites is 7. The van der Waals surface area contributed by atoms with Crippen molar-refractivity contribution in [1.82, 2.24) is 22.9 Å². The number of aromatic nitrogens is 5. The SMILES string of the molecule is c1ccc(-n2c3ccccc3c3cc(-c4cccc5c6cc7ccccc7c7c8c9c%10cccc%11c%12cccc(-c%13ccc%14c(c%13)c%13ccccc%13n%14-c%13ccccc%13)c%12n(c9ncc8n(c45)c67)c%11%10)ccc32)cc1. The molecule has 18 rings (SSSR count). The van der Waals surface area contributed by atoms with Crippen LogP contribution in [0.4, 0.5) is 0 Å². The first-order valence-corrected chi connectivity index (χ1v) is 25.5. The zero-order valence-electron chi connectivity index (χ0n) is 39.8. The Morgan fingerprint density at radius 3 is 1.39 bits per heavy atom. The van der Waals surface area contributed by atoms with Crippen LogP contribution in [0.5, 0.6) is 0 Å². The molecule has 0 bridgehead atoms. The third kappa shape index (κ3) is 4.77. The molecular weight excluding hydrogens is 899 g/mol. The molecule has 7 aromatic heterocycles. The summed E-state index contributed by atoms with van der Waals surface area (Å²) in [5.74, 6) is 0. The van der Waals surface area contributed by atoms with Crippen molar-refractivity contribution < 1.29 is 0 Å². The van der Waals surface area contributed by atoms with Gasteiger partial charge in [-0.1, -0.05) is 164 Å². The van der Waals surface area contributed by atoms with E-state index in [4.69, 9.17) is 4.98 Å². The fourth-order valence-corrected chi connectivity index (χ4v) is 13.7. The second-order valence-corrected chi connectivity index (χ2v) is 20.2. The standard InChI is InChI=1S/C69H39N5/c1-3-17-43(18-4-1)71-57-30-11-9-22-48(57)54-36-41(32-34-59(54)71)46-24-14-28-52-56-38-40-16-7-8-21-45(40)62-64-61(73(65(46)52)68(56)62)39-70-69-63(64)53-29-15-27-51-50-26-13-25-47(66(50)74(69)67(51)53)42-33-35-60-55(37-42)49-23-10-12-31-58(49)72(60)44-19-5-2-6-20-44/h1-39H. The van der Waals surface area contributed by atoms with Crippen LogP contribution in [0.2, 0.25) is 0 Å². The first-order valence-electron chi connectivity index (χ1n) is 25.5. The highest BCUT2D eigenvalue weighted by Gasteiger charge is 2.28. The van der Waals surface area contributed by atoms with Gasteiger partial charge in [0.1, 0.15) is 5.65 Å². The number of fused-ring (bicyclic) bond motifs is 21. The van der Waals surface area contributed by atoms with Gasteiger partial charge < -0.3 is 13.5 Å². The number of hydrogen-bond donors (Lipinski definition) is 0. The summed E-state index contributed by atoms with van der Waals surface area (Å²) in [5.41, 5.74) is 18.8. The molecule has 0 radical (unpaired) electrons. The van der Waals surface area contributed by atoms with Crippen LogP contribution in [-0.2, 0) is 0 Å². The molecule has 0 saturated carbocycles. The summed E-state index contributed by atoms with van der Waals surface area (Å²) in [6.07, 6.45) is 2.17. The summed E-state index contributed by atoms with van der Waals surface area (Å²) in [6.45, 7) is 0. The molecule has 0 fully saturated rings. The van der Waals surface area contributed by atoms with Crippen LogP contribution in [0.25, 0.3) is 164 Å². The molecule has 0 spiro atoms. The van der Waals surface area contributed by atoms with E-state index in [0.29, 0.717) is 0 Å². The molecule has 340 valence electrons. The zero-order valence-corrected chi connectivity index (χ0v) is 39.8. The van der Waals surface area contributed by atoms with E-state index in [0.717, 1.165) is 22.5 Å². The fraction of sp³-hybridized carbons (Fsp3) is 0. The van der Waals surface area contributed by atoms with Gasteiger partial charge >= 0.3 is 0 Å². The summed E-state index contributed by atoms with van der Waals surface area (Å²) < 4.78 is 9.83. The topological polar surface area (TPSA) is 31.6 Å². The highest BCUT2D eigenvalue weighted by molar-refractivity contribution is 6.39. The maximum atomic E-state index is 5.64. The van der Waals surface area contributed by atoms with E-state index in [1.54, 1.807) is 0 Å². The Morgan fingerprint density at radius 2 is 0.757 bits per heavy atom. The lowest BCUT2D eigenvalue weighted by atomic mass is 9.96. The summed E-state index contributed by atoms with van der Waals surface area (Å²) in [6, 6.07) is 85.1. The summed E-state index contributed by atoms with van der Waals surface area (Å²) in [5, 5.41) is 17.4. The molecule has 0 N–H and O–H groups in total. The third-order valence-electron chi connectivity index (χ3n) is 16.6. The molecule has 0 saturated heterocycles. The maximum absolute atomic E-state index is 5.64. The predicted molar refractivity (Wildman–Crippen MR) is 311 cm³/mol. The predicted octanol–water partition coefficient (Wildman–Crippen LogP) is 18.1. The Balaban J connectivity index is 0.936. The minimum Gasteiger partial charge on any atom is -0.309 e. The Kier molecular flexibility index (Phi) is 7.28. The second-order valence-electron chi connectivity index (χ2n) is 20.2. The lowest BCUT2D eigenvalue weighted by Crippen LogP contribution is -1.93. The molecule has 74 heavy (non-hydrogen) atoms. The summed E-state index contributed by atoms with van der Waals surface area (Å²) in [7, 11) is 0. The van der Waals surface area contributed by atoms with Crippen LogP contribution >= 0.6 is 0 Å². The van der Waals surface area contributed by atoms with E-state index in [1.807, 2.05) is 0 Å². The van der Waals surface area contributed by atoms with Crippen LogP contribution in [0.3, 0.4) is 0 Å². The van der Waals surface area contributed by atoms with Crippen molar-refractivity contribution in [1.29, 1.82) is 0 Å². The lowest BCUT2D eigenvalue weighted by Gasteiger charge is -2.10. The number of nitrogens with zero attached hydrogens (tertiary/aromatic N) is 5. The zero-order chi connectivity index (χ0) is 47.9. The molecule has 0 amide bonds. The Morgan fingerprint density at radius 1 is 0.270 bits per heavy atom. The maximum Gasteiger partial charge on any atom is 0.146 e. The Hall–Kier alpha value is -9.97. The van der Waals surface area contributed by atoms with Crippen LogP contribution in [-0.4, -0.2) is 22.9 Å². The van der Waals surface area contributed by atoms with Gasteiger partial charge in [0, 0.05) is 87.1 Å². The van der Waals surface area contributed by atoms with Crippen molar-refractivity contribution in [2.24, 2.45) is 0 Å². The monoisotopic (exact) mass is 937 g/mol. The average Bonchev–Trinajstić information content (AvgIpc) is 4.42. The molecule has 18 aromatic rings. The first kappa shape index (κ1) is 38.7. The van der Waals surface area contributed by atoms with Crippen molar-refractivity contribution >= 4 is 131 Å². The highest BCUT2D eigenvalue weighted by atomic mass is 15.0. The van der Waals surface area contributed by atoms with E-state index in [9.17, 15) is 0 Å². The third-order valence-corrected chi connectivity index (χ3v) is 16.6. The van der Waals surface area contributed by atoms with Gasteiger partial charge in [0.25, 0.3) is 0 Å². The van der Waals surface area contributed by atoms with E-state index >= 15 is 0 Å². The van der Waals surface area contributed by atoms with Crippen LogP contribution in [0.1, 0.15) is 0 Å². The van der Waals surface area contributed by atoms with E-state index in [1.165, 1.54) is 142 Å². The van der Waals surface area contributed by atoms with Crippen LogP contribution in [0.15, 0.2) is 237 Å². The van der Waals surface area contributed by atoms with E-state index < -0.39 is 0 Å². The smallest absolute Gasteiger partial charge is 0.146 e. The normalized spacial score (nSPS) is 12.6. The number of benzene rings is 11. The summed E-state index contributed by atoms with van der Waals surface area (Å²) >= 11 is 0. The van der Waals surface area contributed by atoms with Crippen molar-refractivity contribution in [2.45, 2.75) is 0 Å². The largest absolute Gasteiger partial charge is 0.309 e. The molecule has 7 heterocycles. The van der Waals surface area contributed by atoms with Gasteiger partial charge in [-0.3, -0.25) is 4.40 Å². The van der Waals surface area contributed by atoms with Gasteiger partial charge in [0.15, 0.2) is 0 Å². The van der Waals surface area contributed by atoms with Gasteiger partial charge in [-0.2, -0.15) is 0 Å². The molecule has 5 nitrogen and oxygen atoms in total. The highest BCUT2D eigenvalue weighted by Crippen LogP contribution is 2.51.